The Hall–Kier alpha value is -4.87. The molecule has 2 aromatic carbocycles. The predicted molar refractivity (Wildman–Crippen MR) is 192 cm³/mol. The van der Waals surface area contributed by atoms with Crippen LogP contribution in [-0.2, 0) is 27.2 Å². The minimum atomic E-state index is -0.698. The third kappa shape index (κ3) is 11.3. The van der Waals surface area contributed by atoms with Crippen LogP contribution in [0.25, 0.3) is 5.57 Å². The Labute approximate surface area is 294 Å². The predicted octanol–water partition coefficient (Wildman–Crippen LogP) is 5.68. The summed E-state index contributed by atoms with van der Waals surface area (Å²) < 4.78 is 33.1. The van der Waals surface area contributed by atoms with Crippen molar-refractivity contribution >= 4 is 32.4 Å². The molecule has 2 aromatic rings. The lowest BCUT2D eigenvalue weighted by Gasteiger charge is -2.27. The van der Waals surface area contributed by atoms with E-state index in [0.29, 0.717) is 41.8 Å². The van der Waals surface area contributed by atoms with Gasteiger partial charge in [-0.2, -0.15) is 0 Å². The van der Waals surface area contributed by atoms with E-state index in [1.807, 2.05) is 48.5 Å². The molecule has 268 valence electrons. The van der Waals surface area contributed by atoms with Crippen LogP contribution in [-0.4, -0.2) is 71.1 Å². The van der Waals surface area contributed by atoms with Gasteiger partial charge in [0.1, 0.15) is 23.3 Å². The van der Waals surface area contributed by atoms with Crippen LogP contribution in [0.1, 0.15) is 50.8 Å². The fourth-order valence-corrected chi connectivity index (χ4v) is 6.03. The van der Waals surface area contributed by atoms with Gasteiger partial charge in [-0.05, 0) is 68.2 Å². The first-order valence-corrected chi connectivity index (χ1v) is 17.1. The summed E-state index contributed by atoms with van der Waals surface area (Å²) in [6, 6.07) is 15.0. The molecule has 5 N–H and O–H groups in total. The number of nitrogens with two attached hydrogens (primary N) is 2. The smallest absolute Gasteiger partial charge is 0.414 e. The molecule has 0 bridgehead atoms. The Morgan fingerprint density at radius 3 is 2.44 bits per heavy atom. The number of nitrogens with one attached hydrogen (secondary N) is 1. The zero-order chi connectivity index (χ0) is 36.4. The molecule has 50 heavy (non-hydrogen) atoms. The first-order valence-electron chi connectivity index (χ1n) is 16.2. The maximum Gasteiger partial charge on any atom is 0.414 e. The number of hydrogen-bond acceptors (Lipinski definition) is 9. The van der Waals surface area contributed by atoms with Crippen LogP contribution in [0.15, 0.2) is 89.9 Å². The molecule has 1 heterocycles. The number of carbonyl (C=O) groups excluding carboxylic acids is 3. The molecule has 0 spiro atoms. The second-order valence-electron chi connectivity index (χ2n) is 12.8. The van der Waals surface area contributed by atoms with Crippen molar-refractivity contribution in [1.29, 1.82) is 0 Å². The topological polar surface area (TPSA) is 153 Å². The van der Waals surface area contributed by atoms with Crippen LogP contribution in [0.3, 0.4) is 0 Å². The molecule has 0 saturated carbocycles. The number of halogens is 1. The fourth-order valence-electron chi connectivity index (χ4n) is 5.13. The highest BCUT2D eigenvalue weighted by molar-refractivity contribution is 7.41. The molecule has 1 aliphatic carbocycles. The number of hydrogen-bond donors (Lipinski definition) is 3. The largest absolute Gasteiger partial charge is 0.497 e. The SMILES string of the molecule is COc1ccc(CN(N)/C=C(\N)PN(CCc2ccc(C3=C(F)CC=C(N4CC(CNC(C)=O)OC4=O)C=C3)cc2)C(=O)OC(C)(C)C)cc1. The van der Waals surface area contributed by atoms with Crippen molar-refractivity contribution < 1.29 is 33.0 Å². The van der Waals surface area contributed by atoms with Crippen LogP contribution in [0.5, 0.6) is 5.75 Å². The summed E-state index contributed by atoms with van der Waals surface area (Å²) in [4.78, 5) is 38.3. The van der Waals surface area contributed by atoms with Gasteiger partial charge in [0.15, 0.2) is 0 Å². The first kappa shape index (κ1) is 37.9. The van der Waals surface area contributed by atoms with Gasteiger partial charge in [-0.1, -0.05) is 42.5 Å². The van der Waals surface area contributed by atoms with Gasteiger partial charge >= 0.3 is 12.2 Å². The maximum atomic E-state index is 15.3. The lowest BCUT2D eigenvalue weighted by molar-refractivity contribution is -0.119. The molecule has 3 amide bonds. The van der Waals surface area contributed by atoms with Crippen LogP contribution in [0.4, 0.5) is 14.0 Å². The van der Waals surface area contributed by atoms with E-state index < -0.39 is 23.9 Å². The van der Waals surface area contributed by atoms with E-state index >= 15 is 4.39 Å². The molecular weight excluding hydrogens is 662 g/mol. The highest BCUT2D eigenvalue weighted by Gasteiger charge is 2.33. The van der Waals surface area contributed by atoms with Crippen molar-refractivity contribution in [3.05, 3.63) is 107 Å². The van der Waals surface area contributed by atoms with Gasteiger partial charge in [0.25, 0.3) is 0 Å². The van der Waals surface area contributed by atoms with E-state index in [0.717, 1.165) is 16.9 Å². The van der Waals surface area contributed by atoms with E-state index in [1.54, 1.807) is 57.0 Å². The Bertz CT molecular complexity index is 1650. The number of ether oxygens (including phenoxy) is 3. The summed E-state index contributed by atoms with van der Waals surface area (Å²) in [5, 5.41) is 4.11. The molecule has 0 aromatic heterocycles. The second-order valence-corrected chi connectivity index (χ2v) is 14.2. The number of benzene rings is 2. The van der Waals surface area contributed by atoms with Gasteiger partial charge in [0.2, 0.25) is 5.91 Å². The molecule has 2 unspecified atom stereocenters. The summed E-state index contributed by atoms with van der Waals surface area (Å²) in [6.45, 7) is 7.98. The average molecular weight is 709 g/mol. The number of allylic oxidation sites excluding steroid dienone is 5. The van der Waals surface area contributed by atoms with Crippen LogP contribution in [0, 0.1) is 0 Å². The summed E-state index contributed by atoms with van der Waals surface area (Å²) in [7, 11) is 1.39. The number of hydrazine groups is 1. The van der Waals surface area contributed by atoms with Crippen molar-refractivity contribution in [3.63, 3.8) is 0 Å². The molecule has 14 heteroatoms. The number of rotatable bonds is 13. The van der Waals surface area contributed by atoms with E-state index in [2.05, 4.69) is 5.32 Å². The van der Waals surface area contributed by atoms with Crippen molar-refractivity contribution in [2.45, 2.75) is 58.8 Å². The van der Waals surface area contributed by atoms with Crippen LogP contribution in [0.2, 0.25) is 0 Å². The lowest BCUT2D eigenvalue weighted by Crippen LogP contribution is -2.34. The number of carbonyl (C=O) groups is 3. The molecule has 12 nitrogen and oxygen atoms in total. The Morgan fingerprint density at radius 1 is 1.12 bits per heavy atom. The van der Waals surface area contributed by atoms with Gasteiger partial charge in [0, 0.05) is 46.1 Å². The van der Waals surface area contributed by atoms with Crippen molar-refractivity contribution in [3.8, 4) is 5.75 Å². The first-order chi connectivity index (χ1) is 23.7. The minimum Gasteiger partial charge on any atom is -0.497 e. The minimum absolute atomic E-state index is 0.000595. The standard InChI is InChI=1S/C36H46FN6O6P/c1-24(44)40-20-30-22-42(34(45)48-30)28-12-16-31(32(37)17-13-28)27-10-6-25(7-11-27)18-19-43(35(46)49-36(2,3)4)50-33(38)23-41(39)21-26-8-14-29(47-5)15-9-26/h6-16,23,30,50H,17-22,38-39H2,1-5H3,(H,40,44)/b33-23+. The molecule has 2 atom stereocenters. The molecular formula is C36H46FN6O6P. The Kier molecular flexibility index (Phi) is 13.0. The monoisotopic (exact) mass is 708 g/mol. The van der Waals surface area contributed by atoms with Gasteiger partial charge in [-0.3, -0.25) is 14.4 Å². The summed E-state index contributed by atoms with van der Waals surface area (Å²) in [5.74, 6) is 6.40. The maximum absolute atomic E-state index is 15.3. The van der Waals surface area contributed by atoms with Crippen molar-refractivity contribution in [1.82, 2.24) is 19.9 Å². The number of cyclic esters (lactones) is 1. The summed E-state index contributed by atoms with van der Waals surface area (Å²) >= 11 is 0. The fraction of sp³-hybridized carbons (Fsp3) is 0.361. The van der Waals surface area contributed by atoms with E-state index in [-0.39, 0.29) is 40.0 Å². The van der Waals surface area contributed by atoms with Gasteiger partial charge in [-0.15, -0.1) is 0 Å². The summed E-state index contributed by atoms with van der Waals surface area (Å²) in [5.41, 5.74) is 9.55. The van der Waals surface area contributed by atoms with Gasteiger partial charge < -0.3 is 30.3 Å². The number of methoxy groups -OCH3 is 1. The third-order valence-corrected chi connectivity index (χ3v) is 8.63. The second kappa shape index (κ2) is 17.2. The van der Waals surface area contributed by atoms with Crippen LogP contribution < -0.4 is 21.6 Å². The number of nitrogens with zero attached hydrogens (tertiary/aromatic N) is 3. The Morgan fingerprint density at radius 2 is 1.80 bits per heavy atom. The summed E-state index contributed by atoms with van der Waals surface area (Å²) in [6.07, 6.45) is 5.55. The normalized spacial score (nSPS) is 16.7. The third-order valence-electron chi connectivity index (χ3n) is 7.56. The van der Waals surface area contributed by atoms with E-state index in [9.17, 15) is 14.4 Å². The zero-order valence-electron chi connectivity index (χ0n) is 29.1. The molecule has 1 fully saturated rings. The molecule has 2 aliphatic rings. The molecule has 0 radical (unpaired) electrons. The molecule has 4 rings (SSSR count). The highest BCUT2D eigenvalue weighted by Crippen LogP contribution is 2.31. The Balaban J connectivity index is 1.38. The quantitative estimate of drug-likeness (QED) is 0.136. The average Bonchev–Trinajstić information content (AvgIpc) is 3.32. The van der Waals surface area contributed by atoms with Crippen LogP contribution >= 0.6 is 8.73 Å². The van der Waals surface area contributed by atoms with Gasteiger partial charge in [0.05, 0.1) is 32.2 Å². The molecule has 1 aliphatic heterocycles. The van der Waals surface area contributed by atoms with Crippen molar-refractivity contribution in [2.24, 2.45) is 11.6 Å². The van der Waals surface area contributed by atoms with E-state index in [1.165, 1.54) is 16.8 Å². The zero-order valence-corrected chi connectivity index (χ0v) is 30.1. The number of amides is 3. The van der Waals surface area contributed by atoms with E-state index in [4.69, 9.17) is 25.8 Å². The lowest BCUT2D eigenvalue weighted by atomic mass is 10.0. The van der Waals surface area contributed by atoms with Gasteiger partial charge in [-0.25, -0.2) is 19.8 Å². The molecule has 1 saturated heterocycles. The highest BCUT2D eigenvalue weighted by atomic mass is 31.1. The van der Waals surface area contributed by atoms with Crippen molar-refractivity contribution in [2.75, 3.05) is 26.7 Å².